The van der Waals surface area contributed by atoms with Gasteiger partial charge in [-0.1, -0.05) is 32.9 Å². The van der Waals surface area contributed by atoms with Crippen molar-refractivity contribution in [3.05, 3.63) is 83.8 Å². The topological polar surface area (TPSA) is 82.2 Å². The first-order chi connectivity index (χ1) is 17.1. The predicted octanol–water partition coefficient (Wildman–Crippen LogP) is 5.21. The minimum atomic E-state index is -0.214. The lowest BCUT2D eigenvalue weighted by Crippen LogP contribution is -2.27. The van der Waals surface area contributed by atoms with Crippen LogP contribution >= 0.6 is 0 Å². The number of benzene rings is 1. The van der Waals surface area contributed by atoms with E-state index in [1.54, 1.807) is 18.5 Å². The third-order valence-corrected chi connectivity index (χ3v) is 6.48. The number of nitrogens with zero attached hydrogens (tertiary/aromatic N) is 3. The Hall–Kier alpha value is -3.71. The summed E-state index contributed by atoms with van der Waals surface area (Å²) in [6.45, 7) is 10.4. The van der Waals surface area contributed by atoms with Gasteiger partial charge >= 0.3 is 0 Å². The fourth-order valence-corrected chi connectivity index (χ4v) is 4.33. The Morgan fingerprint density at radius 2 is 1.81 bits per heavy atom. The van der Waals surface area contributed by atoms with Crippen LogP contribution in [0.2, 0.25) is 0 Å². The summed E-state index contributed by atoms with van der Waals surface area (Å²) >= 11 is 0. The van der Waals surface area contributed by atoms with E-state index in [-0.39, 0.29) is 11.3 Å². The van der Waals surface area contributed by atoms with E-state index in [1.807, 2.05) is 18.2 Å². The lowest BCUT2D eigenvalue weighted by atomic mass is 9.91. The molecule has 1 atom stereocenters. The fraction of sp³-hybridized carbons (Fsp3) is 0.345. The van der Waals surface area contributed by atoms with E-state index in [0.717, 1.165) is 29.9 Å². The molecule has 2 heterocycles. The number of rotatable bonds is 8. The molecular weight excluding hydrogens is 448 g/mol. The largest absolute Gasteiger partial charge is 0.355 e. The van der Waals surface area contributed by atoms with Crippen molar-refractivity contribution in [1.82, 2.24) is 20.2 Å². The van der Waals surface area contributed by atoms with Crippen molar-refractivity contribution < 1.29 is 4.79 Å². The van der Waals surface area contributed by atoms with E-state index in [0.29, 0.717) is 29.7 Å². The molecule has 3 N–H and O–H groups in total. The summed E-state index contributed by atoms with van der Waals surface area (Å²) in [6, 6.07) is 12.8. The number of nitrogens with one attached hydrogen (secondary N) is 3. The van der Waals surface area contributed by atoms with Crippen LogP contribution in [0.5, 0.6) is 0 Å². The number of likely N-dealkylation sites (N-methyl/N-ethyl adjacent to an activating group) is 1. The highest BCUT2D eigenvalue weighted by Crippen LogP contribution is 2.30. The number of anilines is 4. The Morgan fingerprint density at radius 3 is 2.53 bits per heavy atom. The van der Waals surface area contributed by atoms with Crippen molar-refractivity contribution in [3.8, 4) is 0 Å². The molecule has 3 aromatic rings. The van der Waals surface area contributed by atoms with Gasteiger partial charge < -0.3 is 20.9 Å². The molecule has 36 heavy (non-hydrogen) atoms. The molecule has 1 unspecified atom stereocenters. The molecular formula is C29H36N6O. The third kappa shape index (κ3) is 5.91. The average molecular weight is 485 g/mol. The highest BCUT2D eigenvalue weighted by atomic mass is 16.1. The van der Waals surface area contributed by atoms with Gasteiger partial charge in [-0.05, 0) is 62.3 Å². The molecule has 1 aliphatic carbocycles. The molecule has 0 aliphatic heterocycles. The lowest BCUT2D eigenvalue weighted by molar-refractivity contribution is 0.0958. The van der Waals surface area contributed by atoms with Crippen molar-refractivity contribution in [3.63, 3.8) is 0 Å². The highest BCUT2D eigenvalue weighted by Gasteiger charge is 2.23. The van der Waals surface area contributed by atoms with Crippen LogP contribution in [0.25, 0.3) is 0 Å². The summed E-state index contributed by atoms with van der Waals surface area (Å²) < 4.78 is 0. The maximum atomic E-state index is 12.8. The van der Waals surface area contributed by atoms with Crippen LogP contribution in [0.4, 0.5) is 22.9 Å². The summed E-state index contributed by atoms with van der Waals surface area (Å²) in [5.41, 5.74) is 6.60. The van der Waals surface area contributed by atoms with Crippen molar-refractivity contribution in [2.45, 2.75) is 45.1 Å². The maximum Gasteiger partial charge on any atom is 0.255 e. The monoisotopic (exact) mass is 484 g/mol. The van der Waals surface area contributed by atoms with Crippen LogP contribution in [0.1, 0.15) is 48.0 Å². The number of carbonyl (C=O) groups excluding carboxylic acids is 1. The van der Waals surface area contributed by atoms with Gasteiger partial charge in [0.05, 0.1) is 11.3 Å². The predicted molar refractivity (Wildman–Crippen MR) is 148 cm³/mol. The Kier molecular flexibility index (Phi) is 7.40. The Morgan fingerprint density at radius 1 is 1.06 bits per heavy atom. The minimum Gasteiger partial charge on any atom is -0.355 e. The standard InChI is InChI=1S/C29H36N6O/c1-7-11-31-28(36)24-18-32-27(17-25(24)33-22-10-12-30-26(16-22)29(2,3)4)34-21-9-8-19-14-23(35(5)6)15-20(19)13-21/h7-10,12-13,16-18,23H,1,11,14-15H2,2-6H3,(H,31,36)(H2,30,32,33,34). The molecule has 0 fully saturated rings. The van der Waals surface area contributed by atoms with Gasteiger partial charge in [-0.15, -0.1) is 6.58 Å². The van der Waals surface area contributed by atoms with Crippen LogP contribution in [0.15, 0.2) is 61.4 Å². The zero-order valence-corrected chi connectivity index (χ0v) is 21.9. The normalized spacial score (nSPS) is 14.9. The number of hydrogen-bond acceptors (Lipinski definition) is 6. The quantitative estimate of drug-likeness (QED) is 0.381. The second-order valence-electron chi connectivity index (χ2n) is 10.6. The van der Waals surface area contributed by atoms with Crippen molar-refractivity contribution in [1.29, 1.82) is 0 Å². The highest BCUT2D eigenvalue weighted by molar-refractivity contribution is 6.00. The van der Waals surface area contributed by atoms with Crippen LogP contribution in [0.3, 0.4) is 0 Å². The molecule has 1 amide bonds. The van der Waals surface area contributed by atoms with Gasteiger partial charge in [0.15, 0.2) is 0 Å². The first kappa shape index (κ1) is 25.4. The summed E-state index contributed by atoms with van der Waals surface area (Å²) in [6.07, 6.45) is 7.16. The number of hydrogen-bond donors (Lipinski definition) is 3. The zero-order valence-electron chi connectivity index (χ0n) is 21.9. The minimum absolute atomic E-state index is 0.0913. The third-order valence-electron chi connectivity index (χ3n) is 6.48. The fourth-order valence-electron chi connectivity index (χ4n) is 4.33. The summed E-state index contributed by atoms with van der Waals surface area (Å²) in [5.74, 6) is 0.443. The van der Waals surface area contributed by atoms with Crippen molar-refractivity contribution >= 4 is 28.8 Å². The summed E-state index contributed by atoms with van der Waals surface area (Å²) in [4.78, 5) is 24.2. The van der Waals surface area contributed by atoms with Crippen LogP contribution in [-0.4, -0.2) is 47.5 Å². The van der Waals surface area contributed by atoms with Crippen molar-refractivity contribution in [2.24, 2.45) is 0 Å². The van der Waals surface area contributed by atoms with Gasteiger partial charge in [0.1, 0.15) is 5.82 Å². The smallest absolute Gasteiger partial charge is 0.255 e. The SMILES string of the molecule is C=CCNC(=O)c1cnc(Nc2ccc3c(c2)CC(N(C)C)C3)cc1Nc1ccnc(C(C)(C)C)c1. The van der Waals surface area contributed by atoms with Gasteiger partial charge in [-0.3, -0.25) is 9.78 Å². The Balaban J connectivity index is 1.62. The second kappa shape index (κ2) is 10.5. The molecule has 0 radical (unpaired) electrons. The number of fused-ring (bicyclic) bond motifs is 1. The van der Waals surface area contributed by atoms with Gasteiger partial charge in [0, 0.05) is 53.5 Å². The van der Waals surface area contributed by atoms with Crippen LogP contribution in [0, 0.1) is 0 Å². The first-order valence-corrected chi connectivity index (χ1v) is 12.3. The number of carbonyl (C=O) groups is 1. The number of pyridine rings is 2. The molecule has 7 heteroatoms. The molecule has 7 nitrogen and oxygen atoms in total. The second-order valence-corrected chi connectivity index (χ2v) is 10.6. The molecule has 0 saturated heterocycles. The summed E-state index contributed by atoms with van der Waals surface area (Å²) in [5, 5.41) is 9.69. The average Bonchev–Trinajstić information content (AvgIpc) is 3.26. The maximum absolute atomic E-state index is 12.8. The van der Waals surface area contributed by atoms with Gasteiger partial charge in [0.2, 0.25) is 0 Å². The lowest BCUT2D eigenvalue weighted by Gasteiger charge is -2.19. The number of amides is 1. The Bertz CT molecular complexity index is 1260. The molecule has 2 aromatic heterocycles. The van der Waals surface area contributed by atoms with Gasteiger partial charge in [0.25, 0.3) is 5.91 Å². The molecule has 1 aromatic carbocycles. The molecule has 4 rings (SSSR count). The molecule has 1 aliphatic rings. The van der Waals surface area contributed by atoms with Gasteiger partial charge in [-0.25, -0.2) is 4.98 Å². The van der Waals surface area contributed by atoms with Crippen LogP contribution in [-0.2, 0) is 18.3 Å². The van der Waals surface area contributed by atoms with Gasteiger partial charge in [-0.2, -0.15) is 0 Å². The van der Waals surface area contributed by atoms with E-state index >= 15 is 0 Å². The van der Waals surface area contributed by atoms with Crippen LogP contribution < -0.4 is 16.0 Å². The first-order valence-electron chi connectivity index (χ1n) is 12.3. The molecule has 0 saturated carbocycles. The Labute approximate surface area is 214 Å². The number of aromatic nitrogens is 2. The van der Waals surface area contributed by atoms with E-state index in [4.69, 9.17) is 0 Å². The van der Waals surface area contributed by atoms with Crippen molar-refractivity contribution in [2.75, 3.05) is 31.3 Å². The zero-order chi connectivity index (χ0) is 25.9. The van der Waals surface area contributed by atoms with E-state index in [1.165, 1.54) is 11.1 Å². The van der Waals surface area contributed by atoms with E-state index < -0.39 is 0 Å². The van der Waals surface area contributed by atoms with E-state index in [9.17, 15) is 4.79 Å². The molecule has 188 valence electrons. The summed E-state index contributed by atoms with van der Waals surface area (Å²) in [7, 11) is 4.27. The van der Waals surface area contributed by atoms with E-state index in [2.05, 4.69) is 90.5 Å². The molecule has 0 spiro atoms. The molecule has 0 bridgehead atoms.